The van der Waals surface area contributed by atoms with E-state index in [-0.39, 0.29) is 19.1 Å². The Balaban J connectivity index is 1.53. The highest BCUT2D eigenvalue weighted by Crippen LogP contribution is 2.23. The molecule has 4 rings (SSSR count). The first-order valence-electron chi connectivity index (χ1n) is 9.07. The standard InChI is InChI=1S/C22H18N2O4S/c25-20-13-28-22(27)24(20)12-19(16-4-2-1-3-5-16)23-21(26)17-8-6-15(7-9-17)18-10-11-29-14-18/h1-11,14,19H,12-13H2,(H,23,26). The lowest BCUT2D eigenvalue weighted by Gasteiger charge is -2.23. The van der Waals surface area contributed by atoms with E-state index in [1.165, 1.54) is 0 Å². The number of ether oxygens (including phenoxy) is 1. The zero-order chi connectivity index (χ0) is 20.2. The van der Waals surface area contributed by atoms with Crippen LogP contribution in [0.2, 0.25) is 0 Å². The van der Waals surface area contributed by atoms with E-state index >= 15 is 0 Å². The second-order valence-electron chi connectivity index (χ2n) is 6.59. The van der Waals surface area contributed by atoms with Gasteiger partial charge in [0.15, 0.2) is 6.61 Å². The summed E-state index contributed by atoms with van der Waals surface area (Å²) < 4.78 is 4.78. The highest BCUT2D eigenvalue weighted by molar-refractivity contribution is 7.08. The van der Waals surface area contributed by atoms with Crippen LogP contribution in [0.15, 0.2) is 71.4 Å². The van der Waals surface area contributed by atoms with Crippen molar-refractivity contribution in [2.24, 2.45) is 0 Å². The highest BCUT2D eigenvalue weighted by atomic mass is 32.1. The SMILES string of the molecule is O=C(NC(CN1C(=O)COC1=O)c1ccccc1)c1ccc(-c2ccsc2)cc1. The lowest BCUT2D eigenvalue weighted by atomic mass is 10.0. The van der Waals surface area contributed by atoms with Gasteiger partial charge in [-0.15, -0.1) is 0 Å². The predicted octanol–water partition coefficient (Wildman–Crippen LogP) is 3.87. The number of nitrogens with one attached hydrogen (secondary N) is 1. The van der Waals surface area contributed by atoms with Crippen molar-refractivity contribution in [3.63, 3.8) is 0 Å². The molecule has 3 amide bonds. The molecule has 6 nitrogen and oxygen atoms in total. The van der Waals surface area contributed by atoms with Crippen LogP contribution in [0.4, 0.5) is 4.79 Å². The maximum atomic E-state index is 12.8. The number of hydrogen-bond acceptors (Lipinski definition) is 5. The second-order valence-corrected chi connectivity index (χ2v) is 7.37. The van der Waals surface area contributed by atoms with Gasteiger partial charge in [0.1, 0.15) is 0 Å². The van der Waals surface area contributed by atoms with Gasteiger partial charge >= 0.3 is 6.09 Å². The summed E-state index contributed by atoms with van der Waals surface area (Å²) in [6.45, 7) is -0.251. The molecule has 7 heteroatoms. The molecule has 1 unspecified atom stereocenters. The van der Waals surface area contributed by atoms with Crippen molar-refractivity contribution in [3.8, 4) is 11.1 Å². The first-order chi connectivity index (χ1) is 14.1. The van der Waals surface area contributed by atoms with Gasteiger partial charge in [0.25, 0.3) is 11.8 Å². The summed E-state index contributed by atoms with van der Waals surface area (Å²) in [6.07, 6.45) is -0.690. The summed E-state index contributed by atoms with van der Waals surface area (Å²) in [6, 6.07) is 18.0. The van der Waals surface area contributed by atoms with E-state index in [1.54, 1.807) is 23.5 Å². The van der Waals surface area contributed by atoms with Crippen LogP contribution in [0.1, 0.15) is 22.0 Å². The molecule has 2 heterocycles. The van der Waals surface area contributed by atoms with Crippen LogP contribution in [-0.2, 0) is 9.53 Å². The van der Waals surface area contributed by atoms with Crippen LogP contribution in [0.5, 0.6) is 0 Å². The van der Waals surface area contributed by atoms with Gasteiger partial charge in [-0.25, -0.2) is 9.69 Å². The van der Waals surface area contributed by atoms with Gasteiger partial charge in [0.05, 0.1) is 12.6 Å². The van der Waals surface area contributed by atoms with Gasteiger partial charge < -0.3 is 10.1 Å². The molecule has 0 saturated carbocycles. The third-order valence-corrected chi connectivity index (χ3v) is 5.40. The average molecular weight is 406 g/mol. The Labute approximate surface area is 171 Å². The maximum Gasteiger partial charge on any atom is 0.417 e. The van der Waals surface area contributed by atoms with Crippen molar-refractivity contribution in [2.75, 3.05) is 13.2 Å². The molecule has 1 aromatic heterocycles. The first-order valence-corrected chi connectivity index (χ1v) is 10.0. The number of carbonyl (C=O) groups excluding carboxylic acids is 3. The molecule has 29 heavy (non-hydrogen) atoms. The minimum atomic E-state index is -0.690. The largest absolute Gasteiger partial charge is 0.439 e. The van der Waals surface area contributed by atoms with Gasteiger partial charge in [0, 0.05) is 5.56 Å². The molecular formula is C22H18N2O4S. The first kappa shape index (κ1) is 18.9. The van der Waals surface area contributed by atoms with E-state index in [0.29, 0.717) is 5.56 Å². The summed E-state index contributed by atoms with van der Waals surface area (Å²) in [5, 5.41) is 6.99. The summed E-state index contributed by atoms with van der Waals surface area (Å²) in [5.41, 5.74) is 3.44. The van der Waals surface area contributed by atoms with Gasteiger partial charge in [-0.1, -0.05) is 42.5 Å². The number of cyclic esters (lactones) is 1. The predicted molar refractivity (Wildman–Crippen MR) is 109 cm³/mol. The molecule has 1 saturated heterocycles. The highest BCUT2D eigenvalue weighted by Gasteiger charge is 2.33. The molecular weight excluding hydrogens is 388 g/mol. The molecule has 0 aliphatic carbocycles. The molecule has 0 bridgehead atoms. The number of hydrogen-bond donors (Lipinski definition) is 1. The Morgan fingerprint density at radius 2 is 1.79 bits per heavy atom. The van der Waals surface area contributed by atoms with Gasteiger partial charge in [-0.3, -0.25) is 9.59 Å². The Bertz CT molecular complexity index is 1000. The molecule has 2 aromatic carbocycles. The number of carbonyl (C=O) groups is 3. The Morgan fingerprint density at radius 1 is 1.03 bits per heavy atom. The molecule has 146 valence electrons. The average Bonchev–Trinajstić information content (AvgIpc) is 3.40. The molecule has 1 fully saturated rings. The minimum Gasteiger partial charge on any atom is -0.439 e. The van der Waals surface area contributed by atoms with E-state index < -0.39 is 18.0 Å². The fourth-order valence-corrected chi connectivity index (χ4v) is 3.81. The number of benzene rings is 2. The Kier molecular flexibility index (Phi) is 5.39. The number of rotatable bonds is 6. The van der Waals surface area contributed by atoms with Crippen molar-refractivity contribution in [1.29, 1.82) is 0 Å². The third kappa shape index (κ3) is 4.20. The molecule has 1 aliphatic heterocycles. The smallest absolute Gasteiger partial charge is 0.417 e. The van der Waals surface area contributed by atoms with Crippen LogP contribution in [0.3, 0.4) is 0 Å². The maximum absolute atomic E-state index is 12.8. The van der Waals surface area contributed by atoms with Crippen molar-refractivity contribution >= 4 is 29.2 Å². The lowest BCUT2D eigenvalue weighted by Crippen LogP contribution is -2.40. The van der Waals surface area contributed by atoms with Gasteiger partial charge in [0.2, 0.25) is 0 Å². The number of imide groups is 1. The number of thiophene rings is 1. The topological polar surface area (TPSA) is 75.7 Å². The summed E-state index contributed by atoms with van der Waals surface area (Å²) in [7, 11) is 0. The Hall–Kier alpha value is -3.45. The zero-order valence-corrected chi connectivity index (χ0v) is 16.2. The second kappa shape index (κ2) is 8.28. The van der Waals surface area contributed by atoms with Crippen molar-refractivity contribution in [1.82, 2.24) is 10.2 Å². The fraction of sp³-hybridized carbons (Fsp3) is 0.136. The number of nitrogens with zero attached hydrogens (tertiary/aromatic N) is 1. The van der Waals surface area contributed by atoms with Crippen LogP contribution >= 0.6 is 11.3 Å². The van der Waals surface area contributed by atoms with Crippen molar-refractivity contribution in [2.45, 2.75) is 6.04 Å². The van der Waals surface area contributed by atoms with Crippen molar-refractivity contribution < 1.29 is 19.1 Å². The monoisotopic (exact) mass is 406 g/mol. The number of amides is 3. The molecule has 1 N–H and O–H groups in total. The summed E-state index contributed by atoms with van der Waals surface area (Å²) in [5.74, 6) is -0.693. The van der Waals surface area contributed by atoms with E-state index in [0.717, 1.165) is 21.6 Å². The van der Waals surface area contributed by atoms with E-state index in [2.05, 4.69) is 5.32 Å². The van der Waals surface area contributed by atoms with Crippen LogP contribution < -0.4 is 5.32 Å². The molecule has 1 aliphatic rings. The molecule has 3 aromatic rings. The fourth-order valence-electron chi connectivity index (χ4n) is 3.14. The molecule has 1 atom stereocenters. The van der Waals surface area contributed by atoms with E-state index in [1.807, 2.05) is 59.3 Å². The molecule has 0 radical (unpaired) electrons. The van der Waals surface area contributed by atoms with Crippen LogP contribution in [-0.4, -0.2) is 36.0 Å². The lowest BCUT2D eigenvalue weighted by molar-refractivity contribution is -0.126. The van der Waals surface area contributed by atoms with Gasteiger partial charge in [-0.2, -0.15) is 11.3 Å². The van der Waals surface area contributed by atoms with Gasteiger partial charge in [-0.05, 0) is 45.6 Å². The summed E-state index contributed by atoms with van der Waals surface area (Å²) >= 11 is 1.62. The Morgan fingerprint density at radius 3 is 2.41 bits per heavy atom. The normalized spacial score (nSPS) is 14.6. The van der Waals surface area contributed by atoms with E-state index in [4.69, 9.17) is 4.74 Å². The molecule has 0 spiro atoms. The van der Waals surface area contributed by atoms with Crippen molar-refractivity contribution in [3.05, 3.63) is 82.6 Å². The zero-order valence-electron chi connectivity index (χ0n) is 15.4. The third-order valence-electron chi connectivity index (χ3n) is 4.71. The quantitative estimate of drug-likeness (QED) is 0.674. The van der Waals surface area contributed by atoms with Crippen LogP contribution in [0.25, 0.3) is 11.1 Å². The summed E-state index contributed by atoms with van der Waals surface area (Å²) in [4.78, 5) is 37.6. The van der Waals surface area contributed by atoms with Crippen LogP contribution in [0, 0.1) is 0 Å². The minimum absolute atomic E-state index is 0.0143. The van der Waals surface area contributed by atoms with E-state index in [9.17, 15) is 14.4 Å².